The van der Waals surface area contributed by atoms with Gasteiger partial charge >= 0.3 is 0 Å². The molecule has 0 saturated heterocycles. The summed E-state index contributed by atoms with van der Waals surface area (Å²) in [6, 6.07) is 3.44. The molecule has 1 heterocycles. The second-order valence-corrected chi connectivity index (χ2v) is 2.48. The lowest BCUT2D eigenvalue weighted by atomic mass is 10.2. The Hall–Kier alpha value is -1.09. The zero-order valence-corrected chi connectivity index (χ0v) is 7.29. The molecule has 0 atom stereocenters. The lowest BCUT2D eigenvalue weighted by molar-refractivity contribution is 0.0952. The number of ether oxygens (including phenoxy) is 1. The second-order valence-electron chi connectivity index (χ2n) is 2.48. The lowest BCUT2D eigenvalue weighted by Crippen LogP contribution is -1.92. The molecule has 1 rings (SSSR count). The third-order valence-corrected chi connectivity index (χ3v) is 1.54. The van der Waals surface area contributed by atoms with E-state index >= 15 is 0 Å². The van der Waals surface area contributed by atoms with Gasteiger partial charge in [-0.05, 0) is 12.1 Å². The molecule has 66 valence electrons. The van der Waals surface area contributed by atoms with Crippen LogP contribution in [0.25, 0.3) is 0 Å². The number of hydrogen-bond acceptors (Lipinski definition) is 3. The van der Waals surface area contributed by atoms with Crippen LogP contribution in [-0.2, 0) is 11.3 Å². The highest BCUT2D eigenvalue weighted by Gasteiger charge is 2.07. The first kappa shape index (κ1) is 9.00. The number of methoxy groups -OCH3 is 1. The SMILES string of the molecule is CCC(=O)c1ccc(COC)o1. The summed E-state index contributed by atoms with van der Waals surface area (Å²) in [5, 5.41) is 0. The van der Waals surface area contributed by atoms with Gasteiger partial charge in [0.05, 0.1) is 0 Å². The summed E-state index contributed by atoms with van der Waals surface area (Å²) in [6.07, 6.45) is 0.472. The average Bonchev–Trinajstić information content (AvgIpc) is 2.52. The van der Waals surface area contributed by atoms with E-state index < -0.39 is 0 Å². The third-order valence-electron chi connectivity index (χ3n) is 1.54. The van der Waals surface area contributed by atoms with Gasteiger partial charge < -0.3 is 9.15 Å². The topological polar surface area (TPSA) is 39.4 Å². The van der Waals surface area contributed by atoms with Gasteiger partial charge in [-0.1, -0.05) is 6.92 Å². The first-order valence-corrected chi connectivity index (χ1v) is 3.88. The molecule has 0 fully saturated rings. The number of carbonyl (C=O) groups excluding carboxylic acids is 1. The quantitative estimate of drug-likeness (QED) is 0.645. The number of Topliss-reactive ketones (excluding diaryl/α,β-unsaturated/α-hetero) is 1. The van der Waals surface area contributed by atoms with Crippen molar-refractivity contribution < 1.29 is 13.9 Å². The number of ketones is 1. The minimum atomic E-state index is 0.0253. The Balaban J connectivity index is 2.70. The van der Waals surface area contributed by atoms with E-state index in [-0.39, 0.29) is 5.78 Å². The van der Waals surface area contributed by atoms with Crippen molar-refractivity contribution in [2.45, 2.75) is 20.0 Å². The highest BCUT2D eigenvalue weighted by molar-refractivity contribution is 5.93. The van der Waals surface area contributed by atoms with E-state index in [1.54, 1.807) is 26.2 Å². The van der Waals surface area contributed by atoms with Crippen molar-refractivity contribution in [2.75, 3.05) is 7.11 Å². The highest BCUT2D eigenvalue weighted by Crippen LogP contribution is 2.10. The number of carbonyl (C=O) groups is 1. The molecule has 3 nitrogen and oxygen atoms in total. The van der Waals surface area contributed by atoms with Crippen molar-refractivity contribution in [1.29, 1.82) is 0 Å². The Morgan fingerprint density at radius 3 is 2.92 bits per heavy atom. The van der Waals surface area contributed by atoms with Crippen LogP contribution < -0.4 is 0 Å². The summed E-state index contributed by atoms with van der Waals surface area (Å²) in [5.74, 6) is 1.14. The maximum absolute atomic E-state index is 11.1. The van der Waals surface area contributed by atoms with E-state index in [1.165, 1.54) is 0 Å². The Morgan fingerprint density at radius 1 is 1.58 bits per heavy atom. The monoisotopic (exact) mass is 168 g/mol. The maximum atomic E-state index is 11.1. The molecule has 0 amide bonds. The zero-order valence-electron chi connectivity index (χ0n) is 7.29. The largest absolute Gasteiger partial charge is 0.456 e. The molecular weight excluding hydrogens is 156 g/mol. The Bertz CT molecular complexity index is 262. The average molecular weight is 168 g/mol. The molecule has 0 radical (unpaired) electrons. The van der Waals surface area contributed by atoms with Crippen LogP contribution >= 0.6 is 0 Å². The Kier molecular flexibility index (Phi) is 3.05. The fourth-order valence-corrected chi connectivity index (χ4v) is 0.922. The molecule has 1 aromatic heterocycles. The van der Waals surface area contributed by atoms with Crippen molar-refractivity contribution in [2.24, 2.45) is 0 Å². The molecule has 3 heteroatoms. The van der Waals surface area contributed by atoms with Crippen LogP contribution in [-0.4, -0.2) is 12.9 Å². The summed E-state index contributed by atoms with van der Waals surface area (Å²) in [4.78, 5) is 11.1. The van der Waals surface area contributed by atoms with E-state index in [1.807, 2.05) is 0 Å². The lowest BCUT2D eigenvalue weighted by Gasteiger charge is -1.92. The van der Waals surface area contributed by atoms with Crippen LogP contribution in [0.3, 0.4) is 0 Å². The van der Waals surface area contributed by atoms with Gasteiger partial charge in [0.15, 0.2) is 11.5 Å². The molecule has 1 aromatic rings. The van der Waals surface area contributed by atoms with Gasteiger partial charge in [-0.25, -0.2) is 0 Å². The zero-order chi connectivity index (χ0) is 8.97. The Morgan fingerprint density at radius 2 is 2.33 bits per heavy atom. The minimum Gasteiger partial charge on any atom is -0.456 e. The van der Waals surface area contributed by atoms with Gasteiger partial charge in [-0.15, -0.1) is 0 Å². The molecule has 12 heavy (non-hydrogen) atoms. The summed E-state index contributed by atoms with van der Waals surface area (Å²) in [7, 11) is 1.59. The molecule has 0 aliphatic heterocycles. The van der Waals surface area contributed by atoms with Crippen molar-refractivity contribution in [3.63, 3.8) is 0 Å². The number of rotatable bonds is 4. The molecule has 0 N–H and O–H groups in total. The standard InChI is InChI=1S/C9H12O3/c1-3-8(10)9-5-4-7(12-9)6-11-2/h4-5H,3,6H2,1-2H3. The van der Waals surface area contributed by atoms with Gasteiger partial charge in [0, 0.05) is 13.5 Å². The molecule has 0 aliphatic rings. The van der Waals surface area contributed by atoms with E-state index in [9.17, 15) is 4.79 Å². The summed E-state index contributed by atoms with van der Waals surface area (Å²) >= 11 is 0. The molecule has 0 unspecified atom stereocenters. The summed E-state index contributed by atoms with van der Waals surface area (Å²) < 4.78 is 10.1. The van der Waals surface area contributed by atoms with Crippen LogP contribution in [0.1, 0.15) is 29.7 Å². The van der Waals surface area contributed by atoms with Crippen molar-refractivity contribution in [1.82, 2.24) is 0 Å². The highest BCUT2D eigenvalue weighted by atomic mass is 16.5. The molecule has 0 aliphatic carbocycles. The van der Waals surface area contributed by atoms with Gasteiger partial charge in [-0.2, -0.15) is 0 Å². The first-order valence-electron chi connectivity index (χ1n) is 3.88. The normalized spacial score (nSPS) is 10.2. The minimum absolute atomic E-state index is 0.0253. The fraction of sp³-hybridized carbons (Fsp3) is 0.444. The van der Waals surface area contributed by atoms with Gasteiger partial charge in [-0.3, -0.25) is 4.79 Å². The van der Waals surface area contributed by atoms with Gasteiger partial charge in [0.25, 0.3) is 0 Å². The van der Waals surface area contributed by atoms with Crippen molar-refractivity contribution in [3.8, 4) is 0 Å². The molecule has 0 spiro atoms. The van der Waals surface area contributed by atoms with E-state index in [4.69, 9.17) is 9.15 Å². The second kappa shape index (κ2) is 4.07. The van der Waals surface area contributed by atoms with Crippen molar-refractivity contribution >= 4 is 5.78 Å². The van der Waals surface area contributed by atoms with Crippen molar-refractivity contribution in [3.05, 3.63) is 23.7 Å². The summed E-state index contributed by atoms with van der Waals surface area (Å²) in [5.41, 5.74) is 0. The van der Waals surface area contributed by atoms with Crippen LogP contribution in [0.15, 0.2) is 16.5 Å². The molecule has 0 bridgehead atoms. The molecular formula is C9H12O3. The van der Waals surface area contributed by atoms with Gasteiger partial charge in [0.1, 0.15) is 12.4 Å². The van der Waals surface area contributed by atoms with E-state index in [0.29, 0.717) is 24.5 Å². The number of hydrogen-bond donors (Lipinski definition) is 0. The smallest absolute Gasteiger partial charge is 0.197 e. The predicted octanol–water partition coefficient (Wildman–Crippen LogP) is 2.02. The van der Waals surface area contributed by atoms with Crippen LogP contribution in [0.4, 0.5) is 0 Å². The van der Waals surface area contributed by atoms with Crippen LogP contribution in [0, 0.1) is 0 Å². The van der Waals surface area contributed by atoms with Crippen LogP contribution in [0.5, 0.6) is 0 Å². The van der Waals surface area contributed by atoms with Gasteiger partial charge in [0.2, 0.25) is 0 Å². The van der Waals surface area contributed by atoms with E-state index in [0.717, 1.165) is 0 Å². The predicted molar refractivity (Wildman–Crippen MR) is 44.0 cm³/mol. The van der Waals surface area contributed by atoms with Crippen LogP contribution in [0.2, 0.25) is 0 Å². The van der Waals surface area contributed by atoms with E-state index in [2.05, 4.69) is 0 Å². The molecule has 0 saturated carbocycles. The maximum Gasteiger partial charge on any atom is 0.197 e. The third kappa shape index (κ3) is 1.95. The summed E-state index contributed by atoms with van der Waals surface area (Å²) in [6.45, 7) is 2.22. The fourth-order valence-electron chi connectivity index (χ4n) is 0.922. The first-order chi connectivity index (χ1) is 5.77. The Labute approximate surface area is 71.3 Å². The molecule has 0 aromatic carbocycles. The number of furan rings is 1.